The first-order valence-corrected chi connectivity index (χ1v) is 6.39. The van der Waals surface area contributed by atoms with Gasteiger partial charge in [-0.25, -0.2) is 4.98 Å². The van der Waals surface area contributed by atoms with Crippen LogP contribution in [0.4, 0.5) is 0 Å². The Balaban J connectivity index is 2.15. The molecule has 0 saturated heterocycles. The summed E-state index contributed by atoms with van der Waals surface area (Å²) in [6.45, 7) is 2.83. The van der Waals surface area contributed by atoms with Crippen LogP contribution in [-0.4, -0.2) is 11.5 Å². The lowest BCUT2D eigenvalue weighted by atomic mass is 10.2. The van der Waals surface area contributed by atoms with Crippen molar-refractivity contribution in [1.82, 2.24) is 4.98 Å². The summed E-state index contributed by atoms with van der Waals surface area (Å²) in [6, 6.07) is 8.49. The maximum absolute atomic E-state index is 5.49. The van der Waals surface area contributed by atoms with Crippen LogP contribution in [-0.2, 0) is 6.42 Å². The molecule has 0 fully saturated rings. The molecule has 0 aliphatic carbocycles. The van der Waals surface area contributed by atoms with Crippen molar-refractivity contribution in [3.8, 4) is 10.6 Å². The van der Waals surface area contributed by atoms with Crippen LogP contribution >= 0.6 is 11.3 Å². The SMILES string of the molecule is Cc1ccc(-c2nc(CCCN)cs2)cc1. The Morgan fingerprint density at radius 3 is 2.69 bits per heavy atom. The second kappa shape index (κ2) is 5.23. The van der Waals surface area contributed by atoms with Crippen LogP contribution < -0.4 is 5.73 Å². The smallest absolute Gasteiger partial charge is 0.123 e. The van der Waals surface area contributed by atoms with E-state index in [-0.39, 0.29) is 0 Å². The number of nitrogens with zero attached hydrogens (tertiary/aromatic N) is 1. The average molecular weight is 232 g/mol. The second-order valence-electron chi connectivity index (χ2n) is 3.90. The van der Waals surface area contributed by atoms with E-state index in [0.29, 0.717) is 0 Å². The summed E-state index contributed by atoms with van der Waals surface area (Å²) >= 11 is 1.71. The molecule has 2 aromatic rings. The monoisotopic (exact) mass is 232 g/mol. The zero-order valence-corrected chi connectivity index (χ0v) is 10.3. The van der Waals surface area contributed by atoms with Crippen LogP contribution in [0.15, 0.2) is 29.6 Å². The molecule has 0 atom stereocenters. The molecule has 0 bridgehead atoms. The van der Waals surface area contributed by atoms with Crippen molar-refractivity contribution in [3.05, 3.63) is 40.9 Å². The Morgan fingerprint density at radius 1 is 1.25 bits per heavy atom. The lowest BCUT2D eigenvalue weighted by Gasteiger charge is -1.97. The molecule has 1 aromatic heterocycles. The highest BCUT2D eigenvalue weighted by Gasteiger charge is 2.03. The highest BCUT2D eigenvalue weighted by molar-refractivity contribution is 7.13. The van der Waals surface area contributed by atoms with Gasteiger partial charge >= 0.3 is 0 Å². The highest BCUT2D eigenvalue weighted by Crippen LogP contribution is 2.24. The Hall–Kier alpha value is -1.19. The fourth-order valence-corrected chi connectivity index (χ4v) is 2.39. The first-order chi connectivity index (χ1) is 7.79. The number of thiazole rings is 1. The Bertz CT molecular complexity index is 445. The first-order valence-electron chi connectivity index (χ1n) is 5.51. The molecule has 84 valence electrons. The third-order valence-corrected chi connectivity index (χ3v) is 3.43. The Kier molecular flexibility index (Phi) is 3.70. The summed E-state index contributed by atoms with van der Waals surface area (Å²) in [7, 11) is 0. The summed E-state index contributed by atoms with van der Waals surface area (Å²) in [4.78, 5) is 4.61. The van der Waals surface area contributed by atoms with Crippen molar-refractivity contribution in [3.63, 3.8) is 0 Å². The normalized spacial score (nSPS) is 10.6. The maximum Gasteiger partial charge on any atom is 0.123 e. The molecule has 0 radical (unpaired) electrons. The highest BCUT2D eigenvalue weighted by atomic mass is 32.1. The molecule has 0 amide bonds. The van der Waals surface area contributed by atoms with Crippen molar-refractivity contribution in [2.75, 3.05) is 6.54 Å². The van der Waals surface area contributed by atoms with E-state index in [9.17, 15) is 0 Å². The number of hydrogen-bond donors (Lipinski definition) is 1. The second-order valence-corrected chi connectivity index (χ2v) is 4.76. The summed E-state index contributed by atoms with van der Waals surface area (Å²) in [5, 5.41) is 3.23. The van der Waals surface area contributed by atoms with E-state index in [1.165, 1.54) is 11.1 Å². The Morgan fingerprint density at radius 2 is 2.00 bits per heavy atom. The van der Waals surface area contributed by atoms with Gasteiger partial charge in [0.05, 0.1) is 5.69 Å². The number of aromatic nitrogens is 1. The predicted molar refractivity (Wildman–Crippen MR) is 69.7 cm³/mol. The molecule has 1 aromatic carbocycles. The van der Waals surface area contributed by atoms with Gasteiger partial charge < -0.3 is 5.73 Å². The van der Waals surface area contributed by atoms with Crippen molar-refractivity contribution < 1.29 is 0 Å². The van der Waals surface area contributed by atoms with Crippen LogP contribution in [0.2, 0.25) is 0 Å². The van der Waals surface area contributed by atoms with Crippen molar-refractivity contribution in [2.24, 2.45) is 5.73 Å². The third kappa shape index (κ3) is 2.68. The van der Waals surface area contributed by atoms with Crippen LogP contribution in [0.1, 0.15) is 17.7 Å². The minimum absolute atomic E-state index is 0.734. The number of aryl methyl sites for hydroxylation is 2. The summed E-state index contributed by atoms with van der Waals surface area (Å²) in [6.07, 6.45) is 2.00. The molecule has 0 saturated carbocycles. The van der Waals surface area contributed by atoms with Gasteiger partial charge in [-0.1, -0.05) is 29.8 Å². The van der Waals surface area contributed by atoms with Gasteiger partial charge in [0.15, 0.2) is 0 Å². The molecule has 2 rings (SSSR count). The first kappa shape index (κ1) is 11.3. The number of nitrogens with two attached hydrogens (primary N) is 1. The summed E-state index contributed by atoms with van der Waals surface area (Å²) < 4.78 is 0. The molecule has 2 nitrogen and oxygen atoms in total. The van der Waals surface area contributed by atoms with Crippen molar-refractivity contribution in [1.29, 1.82) is 0 Å². The lowest BCUT2D eigenvalue weighted by molar-refractivity contribution is 0.816. The van der Waals surface area contributed by atoms with Gasteiger partial charge in [0.1, 0.15) is 5.01 Å². The van der Waals surface area contributed by atoms with Crippen LogP contribution in [0.25, 0.3) is 10.6 Å². The van der Waals surface area contributed by atoms with Gasteiger partial charge in [-0.2, -0.15) is 0 Å². The van der Waals surface area contributed by atoms with Gasteiger partial charge in [0.25, 0.3) is 0 Å². The molecule has 0 unspecified atom stereocenters. The Labute approximate surface area is 100 Å². The van der Waals surface area contributed by atoms with Crippen molar-refractivity contribution >= 4 is 11.3 Å². The van der Waals surface area contributed by atoms with E-state index in [1.54, 1.807) is 11.3 Å². The molecular weight excluding hydrogens is 216 g/mol. The van der Waals surface area contributed by atoms with Crippen LogP contribution in [0.5, 0.6) is 0 Å². The number of rotatable bonds is 4. The van der Waals surface area contributed by atoms with E-state index in [2.05, 4.69) is 41.6 Å². The van der Waals surface area contributed by atoms with E-state index >= 15 is 0 Å². The zero-order valence-electron chi connectivity index (χ0n) is 9.44. The van der Waals surface area contributed by atoms with E-state index in [4.69, 9.17) is 5.73 Å². The van der Waals surface area contributed by atoms with E-state index < -0.39 is 0 Å². The molecule has 3 heteroatoms. The maximum atomic E-state index is 5.49. The molecule has 16 heavy (non-hydrogen) atoms. The lowest BCUT2D eigenvalue weighted by Crippen LogP contribution is -2.00. The van der Waals surface area contributed by atoms with E-state index in [0.717, 1.165) is 30.1 Å². The quantitative estimate of drug-likeness (QED) is 0.880. The average Bonchev–Trinajstić information content (AvgIpc) is 2.76. The topological polar surface area (TPSA) is 38.9 Å². The minimum Gasteiger partial charge on any atom is -0.330 e. The third-order valence-electron chi connectivity index (χ3n) is 2.49. The summed E-state index contributed by atoms with van der Waals surface area (Å²) in [5.41, 5.74) is 9.13. The van der Waals surface area contributed by atoms with Gasteiger partial charge in [-0.3, -0.25) is 0 Å². The molecule has 0 aliphatic rings. The minimum atomic E-state index is 0.734. The fraction of sp³-hybridized carbons (Fsp3) is 0.308. The molecule has 1 heterocycles. The fourth-order valence-electron chi connectivity index (χ4n) is 1.53. The predicted octanol–water partition coefficient (Wildman–Crippen LogP) is 3.01. The van der Waals surface area contributed by atoms with Gasteiger partial charge in [-0.15, -0.1) is 11.3 Å². The van der Waals surface area contributed by atoms with Crippen LogP contribution in [0.3, 0.4) is 0 Å². The van der Waals surface area contributed by atoms with Gasteiger partial charge in [0, 0.05) is 10.9 Å². The van der Waals surface area contributed by atoms with Crippen LogP contribution in [0, 0.1) is 6.92 Å². The molecular formula is C13H16N2S. The largest absolute Gasteiger partial charge is 0.330 e. The number of benzene rings is 1. The standard InChI is InChI=1S/C13H16N2S/c1-10-4-6-11(7-5-10)13-15-12(9-16-13)3-2-8-14/h4-7,9H,2-3,8,14H2,1H3. The van der Waals surface area contributed by atoms with E-state index in [1.807, 2.05) is 0 Å². The molecule has 0 aliphatic heterocycles. The summed E-state index contributed by atoms with van der Waals surface area (Å²) in [5.74, 6) is 0. The van der Waals surface area contributed by atoms with Gasteiger partial charge in [-0.05, 0) is 26.3 Å². The zero-order chi connectivity index (χ0) is 11.4. The number of hydrogen-bond acceptors (Lipinski definition) is 3. The van der Waals surface area contributed by atoms with Crippen molar-refractivity contribution in [2.45, 2.75) is 19.8 Å². The molecule has 0 spiro atoms. The molecule has 2 N–H and O–H groups in total. The van der Waals surface area contributed by atoms with Gasteiger partial charge in [0.2, 0.25) is 0 Å².